The van der Waals surface area contributed by atoms with Crippen LogP contribution in [0.2, 0.25) is 0 Å². The number of rotatable bonds is 4. The monoisotopic (exact) mass is 375 g/mol. The van der Waals surface area contributed by atoms with E-state index in [2.05, 4.69) is 4.72 Å². The highest BCUT2D eigenvalue weighted by Gasteiger charge is 2.32. The van der Waals surface area contributed by atoms with Crippen molar-refractivity contribution in [3.8, 4) is 0 Å². The molecule has 1 aliphatic carbocycles. The molecule has 1 aliphatic rings. The number of anilines is 1. The van der Waals surface area contributed by atoms with Crippen molar-refractivity contribution >= 4 is 15.7 Å². The molecule has 3 rings (SSSR count). The molecule has 0 atom stereocenters. The Balaban J connectivity index is 2.04. The van der Waals surface area contributed by atoms with Gasteiger partial charge in [0.15, 0.2) is 0 Å². The molecule has 142 valence electrons. The summed E-state index contributed by atoms with van der Waals surface area (Å²) < 4.78 is 31.1. The second-order valence-electron chi connectivity index (χ2n) is 8.43. The van der Waals surface area contributed by atoms with E-state index in [9.17, 15) is 8.42 Å². The molecule has 26 heavy (non-hydrogen) atoms. The first-order valence-electron chi connectivity index (χ1n) is 9.27. The predicted molar refractivity (Wildman–Crippen MR) is 105 cm³/mol. The van der Waals surface area contributed by atoms with Gasteiger partial charge in [0.05, 0.1) is 17.4 Å². The van der Waals surface area contributed by atoms with E-state index < -0.39 is 10.0 Å². The summed E-state index contributed by atoms with van der Waals surface area (Å²) in [6, 6.07) is 6.08. The normalized spacial score (nSPS) is 16.2. The molecule has 0 unspecified atom stereocenters. The molecule has 0 radical (unpaired) electrons. The van der Waals surface area contributed by atoms with Gasteiger partial charge in [-0.15, -0.1) is 0 Å². The van der Waals surface area contributed by atoms with Crippen LogP contribution in [0.5, 0.6) is 0 Å². The zero-order chi connectivity index (χ0) is 19.1. The number of hydrogen-bond donors (Lipinski definition) is 1. The van der Waals surface area contributed by atoms with Crippen LogP contribution in [0.25, 0.3) is 0 Å². The smallest absolute Gasteiger partial charge is 0.265 e. The Morgan fingerprint density at radius 3 is 2.42 bits per heavy atom. The van der Waals surface area contributed by atoms with Crippen LogP contribution < -0.4 is 4.72 Å². The minimum Gasteiger partial charge on any atom is -0.279 e. The fourth-order valence-electron chi connectivity index (χ4n) is 3.49. The second-order valence-corrected chi connectivity index (χ2v) is 10.1. The van der Waals surface area contributed by atoms with E-state index in [1.54, 1.807) is 6.20 Å². The number of sulfonamides is 1. The van der Waals surface area contributed by atoms with E-state index in [0.29, 0.717) is 17.4 Å². The Bertz CT molecular complexity index is 902. The van der Waals surface area contributed by atoms with Gasteiger partial charge in [-0.3, -0.25) is 9.40 Å². The minimum absolute atomic E-state index is 0.290. The molecule has 1 N–H and O–H groups in total. The number of aromatic nitrogens is 2. The Morgan fingerprint density at radius 1 is 1.15 bits per heavy atom. The summed E-state index contributed by atoms with van der Waals surface area (Å²) in [4.78, 5) is 0.290. The molecule has 1 aromatic heterocycles. The van der Waals surface area contributed by atoms with Gasteiger partial charge in [-0.1, -0.05) is 45.7 Å². The molecule has 1 fully saturated rings. The number of hydrogen-bond acceptors (Lipinski definition) is 3. The minimum atomic E-state index is -3.71. The van der Waals surface area contributed by atoms with E-state index >= 15 is 0 Å². The van der Waals surface area contributed by atoms with Crippen molar-refractivity contribution in [3.05, 3.63) is 41.2 Å². The molecule has 2 aromatic rings. The van der Waals surface area contributed by atoms with Gasteiger partial charge in [0.1, 0.15) is 4.90 Å². The Kier molecular flexibility index (Phi) is 4.90. The third-order valence-electron chi connectivity index (χ3n) is 5.03. The quantitative estimate of drug-likeness (QED) is 0.841. The van der Waals surface area contributed by atoms with Crippen LogP contribution in [0, 0.1) is 13.8 Å². The Hall–Kier alpha value is -1.82. The van der Waals surface area contributed by atoms with Crippen LogP contribution >= 0.6 is 0 Å². The Morgan fingerprint density at radius 2 is 1.81 bits per heavy atom. The molecular formula is C20H29N3O2S. The summed E-state index contributed by atoms with van der Waals surface area (Å²) >= 11 is 0. The molecule has 0 aliphatic heterocycles. The van der Waals surface area contributed by atoms with E-state index in [4.69, 9.17) is 5.10 Å². The number of nitrogens with one attached hydrogen (secondary N) is 1. The van der Waals surface area contributed by atoms with Crippen LogP contribution in [-0.4, -0.2) is 18.2 Å². The molecule has 0 saturated heterocycles. The van der Waals surface area contributed by atoms with Crippen LogP contribution in [0.15, 0.2) is 29.3 Å². The highest BCUT2D eigenvalue weighted by atomic mass is 32.2. The average Bonchev–Trinajstić information content (AvgIpc) is 3.18. The van der Waals surface area contributed by atoms with Gasteiger partial charge in [0.2, 0.25) is 0 Å². The number of aryl methyl sites for hydroxylation is 2. The van der Waals surface area contributed by atoms with Gasteiger partial charge in [0.25, 0.3) is 10.0 Å². The van der Waals surface area contributed by atoms with Crippen molar-refractivity contribution in [2.45, 2.75) is 76.7 Å². The van der Waals surface area contributed by atoms with E-state index in [-0.39, 0.29) is 10.3 Å². The molecule has 1 saturated carbocycles. The summed E-state index contributed by atoms with van der Waals surface area (Å²) in [7, 11) is -3.71. The van der Waals surface area contributed by atoms with Crippen LogP contribution in [0.1, 0.15) is 69.3 Å². The van der Waals surface area contributed by atoms with Gasteiger partial charge in [-0.05, 0) is 43.9 Å². The van der Waals surface area contributed by atoms with Crippen LogP contribution in [0.4, 0.5) is 5.69 Å². The molecule has 1 aromatic carbocycles. The zero-order valence-electron chi connectivity index (χ0n) is 16.3. The highest BCUT2D eigenvalue weighted by Crippen LogP contribution is 2.34. The first-order valence-corrected chi connectivity index (χ1v) is 10.8. The standard InChI is InChI=1S/C20H29N3O2S/c1-14-10-11-15(2)17(12-14)22-26(24,25)18-13-23(16-8-6-7-9-16)21-19(18)20(3,4)5/h10-13,16,22H,6-9H2,1-5H3. The van der Waals surface area contributed by atoms with Crippen molar-refractivity contribution in [1.82, 2.24) is 9.78 Å². The summed E-state index contributed by atoms with van der Waals surface area (Å²) in [6.07, 6.45) is 6.21. The average molecular weight is 376 g/mol. The van der Waals surface area contributed by atoms with E-state index in [1.165, 1.54) is 12.8 Å². The van der Waals surface area contributed by atoms with Gasteiger partial charge < -0.3 is 0 Å². The van der Waals surface area contributed by atoms with Crippen LogP contribution in [-0.2, 0) is 15.4 Å². The molecule has 0 bridgehead atoms. The van der Waals surface area contributed by atoms with Gasteiger partial charge in [-0.2, -0.15) is 5.10 Å². The maximum atomic E-state index is 13.2. The maximum Gasteiger partial charge on any atom is 0.265 e. The third kappa shape index (κ3) is 3.80. The number of benzene rings is 1. The fourth-order valence-corrected chi connectivity index (χ4v) is 4.96. The van der Waals surface area contributed by atoms with Crippen molar-refractivity contribution < 1.29 is 8.42 Å². The first-order chi connectivity index (χ1) is 12.1. The maximum absolute atomic E-state index is 13.2. The molecule has 0 spiro atoms. The summed E-state index contributed by atoms with van der Waals surface area (Å²) in [6.45, 7) is 9.88. The molecular weight excluding hydrogens is 346 g/mol. The zero-order valence-corrected chi connectivity index (χ0v) is 17.2. The molecule has 1 heterocycles. The Labute approximate surface area is 156 Å². The molecule has 5 nitrogen and oxygen atoms in total. The van der Waals surface area contributed by atoms with Crippen LogP contribution in [0.3, 0.4) is 0 Å². The summed E-state index contributed by atoms with van der Waals surface area (Å²) in [5.41, 5.74) is 2.82. The van der Waals surface area contributed by atoms with Crippen molar-refractivity contribution in [2.24, 2.45) is 0 Å². The van der Waals surface area contributed by atoms with Crippen molar-refractivity contribution in [2.75, 3.05) is 4.72 Å². The van der Waals surface area contributed by atoms with Gasteiger partial charge in [0, 0.05) is 11.6 Å². The lowest BCUT2D eigenvalue weighted by molar-refractivity contribution is 0.448. The lowest BCUT2D eigenvalue weighted by atomic mass is 9.92. The van der Waals surface area contributed by atoms with Gasteiger partial charge in [-0.25, -0.2) is 8.42 Å². The summed E-state index contributed by atoms with van der Waals surface area (Å²) in [5.74, 6) is 0. The molecule has 0 amide bonds. The van der Waals surface area contributed by atoms with Crippen molar-refractivity contribution in [3.63, 3.8) is 0 Å². The number of nitrogens with zero attached hydrogens (tertiary/aromatic N) is 2. The predicted octanol–water partition coefficient (Wildman–Crippen LogP) is 4.71. The molecule has 6 heteroatoms. The topological polar surface area (TPSA) is 64.0 Å². The van der Waals surface area contributed by atoms with Crippen molar-refractivity contribution in [1.29, 1.82) is 0 Å². The lowest BCUT2D eigenvalue weighted by Crippen LogP contribution is -2.20. The fraction of sp³-hybridized carbons (Fsp3) is 0.550. The first kappa shape index (κ1) is 19.0. The SMILES string of the molecule is Cc1ccc(C)c(NS(=O)(=O)c2cn(C3CCCC3)nc2C(C)(C)C)c1. The third-order valence-corrected chi connectivity index (χ3v) is 6.40. The lowest BCUT2D eigenvalue weighted by Gasteiger charge is -2.18. The van der Waals surface area contributed by atoms with E-state index in [1.807, 2.05) is 57.5 Å². The summed E-state index contributed by atoms with van der Waals surface area (Å²) in [5, 5.41) is 4.71. The van der Waals surface area contributed by atoms with Gasteiger partial charge >= 0.3 is 0 Å². The second kappa shape index (κ2) is 6.72. The van der Waals surface area contributed by atoms with E-state index in [0.717, 1.165) is 24.0 Å². The largest absolute Gasteiger partial charge is 0.279 e. The highest BCUT2D eigenvalue weighted by molar-refractivity contribution is 7.92.